The van der Waals surface area contributed by atoms with Crippen molar-refractivity contribution in [3.63, 3.8) is 0 Å². The molecule has 4 rings (SSSR count). The average Bonchev–Trinajstić information content (AvgIpc) is 3.10. The Morgan fingerprint density at radius 2 is 1.69 bits per heavy atom. The van der Waals surface area contributed by atoms with E-state index in [2.05, 4.69) is 16.0 Å². The van der Waals surface area contributed by atoms with E-state index in [4.69, 9.17) is 4.74 Å². The van der Waals surface area contributed by atoms with Crippen LogP contribution >= 0.6 is 0 Å². The first-order valence-corrected chi connectivity index (χ1v) is 12.6. The molecule has 2 heterocycles. The highest BCUT2D eigenvalue weighted by Gasteiger charge is 2.45. The number of rotatable bonds is 7. The van der Waals surface area contributed by atoms with Gasteiger partial charge in [-0.1, -0.05) is 30.3 Å². The standard InChI is InChI=1S/C28H30N4O7/c1-28(2,3)39-27(38)29-14-13-16-7-9-17(10-8-16)15-22(34)30-19-6-4-5-18-23(19)26(37)32(25(18)36)20-11-12-21(33)31-24(20)35/h4-10,20H,11-15H2,1-3H3,(H,29,38)(H,30,34)(H,31,33,35). The second kappa shape index (κ2) is 11.1. The van der Waals surface area contributed by atoms with E-state index in [-0.39, 0.29) is 42.0 Å². The Balaban J connectivity index is 1.36. The lowest BCUT2D eigenvalue weighted by atomic mass is 10.0. The molecule has 39 heavy (non-hydrogen) atoms. The normalized spacial score (nSPS) is 17.0. The smallest absolute Gasteiger partial charge is 0.407 e. The largest absolute Gasteiger partial charge is 0.444 e. The van der Waals surface area contributed by atoms with Crippen LogP contribution in [0.4, 0.5) is 10.5 Å². The number of nitrogens with one attached hydrogen (secondary N) is 3. The second-order valence-corrected chi connectivity index (χ2v) is 10.4. The summed E-state index contributed by atoms with van der Waals surface area (Å²) in [6, 6.07) is 10.8. The number of alkyl carbamates (subject to hydrolysis) is 1. The van der Waals surface area contributed by atoms with Crippen molar-refractivity contribution in [2.45, 2.75) is 58.1 Å². The maximum Gasteiger partial charge on any atom is 0.407 e. The Hall–Kier alpha value is -4.54. The summed E-state index contributed by atoms with van der Waals surface area (Å²) in [5, 5.41) is 7.57. The van der Waals surface area contributed by atoms with E-state index >= 15 is 0 Å². The number of benzene rings is 2. The van der Waals surface area contributed by atoms with E-state index < -0.39 is 41.4 Å². The van der Waals surface area contributed by atoms with E-state index in [9.17, 15) is 28.8 Å². The first-order valence-electron chi connectivity index (χ1n) is 12.6. The van der Waals surface area contributed by atoms with Gasteiger partial charge in [-0.05, 0) is 56.9 Å². The highest BCUT2D eigenvalue weighted by Crippen LogP contribution is 2.32. The molecule has 2 aliphatic heterocycles. The molecule has 2 aliphatic rings. The average molecular weight is 535 g/mol. The number of hydrogen-bond acceptors (Lipinski definition) is 7. The molecule has 0 saturated carbocycles. The van der Waals surface area contributed by atoms with Crippen LogP contribution in [-0.2, 0) is 32.0 Å². The Bertz CT molecular complexity index is 1340. The topological polar surface area (TPSA) is 151 Å². The minimum Gasteiger partial charge on any atom is -0.444 e. The van der Waals surface area contributed by atoms with Crippen LogP contribution in [0, 0.1) is 0 Å². The summed E-state index contributed by atoms with van der Waals surface area (Å²) in [4.78, 5) is 75.3. The lowest BCUT2D eigenvalue weighted by Crippen LogP contribution is -2.54. The third kappa shape index (κ3) is 6.49. The van der Waals surface area contributed by atoms with Crippen LogP contribution in [-0.4, -0.2) is 58.7 Å². The zero-order valence-corrected chi connectivity index (χ0v) is 22.0. The van der Waals surface area contributed by atoms with E-state index in [0.29, 0.717) is 13.0 Å². The molecule has 3 N–H and O–H groups in total. The molecule has 11 heteroatoms. The zero-order chi connectivity index (χ0) is 28.3. The summed E-state index contributed by atoms with van der Waals surface area (Å²) < 4.78 is 5.21. The molecule has 0 aliphatic carbocycles. The highest BCUT2D eigenvalue weighted by atomic mass is 16.6. The van der Waals surface area contributed by atoms with Crippen molar-refractivity contribution in [2.24, 2.45) is 0 Å². The van der Waals surface area contributed by atoms with Gasteiger partial charge in [0, 0.05) is 13.0 Å². The van der Waals surface area contributed by atoms with E-state index in [1.54, 1.807) is 39.0 Å². The molecule has 2 aromatic carbocycles. The third-order valence-corrected chi connectivity index (χ3v) is 6.21. The lowest BCUT2D eigenvalue weighted by Gasteiger charge is -2.27. The van der Waals surface area contributed by atoms with Gasteiger partial charge in [0.1, 0.15) is 11.6 Å². The molecule has 0 radical (unpaired) electrons. The van der Waals surface area contributed by atoms with Crippen LogP contribution in [0.1, 0.15) is 65.5 Å². The van der Waals surface area contributed by atoms with Crippen LogP contribution in [0.15, 0.2) is 42.5 Å². The van der Waals surface area contributed by atoms with Gasteiger partial charge in [-0.2, -0.15) is 0 Å². The van der Waals surface area contributed by atoms with Crippen molar-refractivity contribution in [1.29, 1.82) is 0 Å². The van der Waals surface area contributed by atoms with Crippen molar-refractivity contribution in [2.75, 3.05) is 11.9 Å². The number of fused-ring (bicyclic) bond motifs is 1. The number of anilines is 1. The summed E-state index contributed by atoms with van der Waals surface area (Å²) in [5.74, 6) is -2.87. The molecule has 1 atom stereocenters. The molecule has 1 fully saturated rings. The van der Waals surface area contributed by atoms with Crippen LogP contribution in [0.25, 0.3) is 0 Å². The van der Waals surface area contributed by atoms with E-state index in [0.717, 1.165) is 16.0 Å². The van der Waals surface area contributed by atoms with Gasteiger partial charge in [-0.15, -0.1) is 0 Å². The molecule has 0 aromatic heterocycles. The molecular weight excluding hydrogens is 504 g/mol. The minimum absolute atomic E-state index is 0.0203. The van der Waals surface area contributed by atoms with Crippen molar-refractivity contribution >= 4 is 41.3 Å². The molecule has 11 nitrogen and oxygen atoms in total. The summed E-state index contributed by atoms with van der Waals surface area (Å²) in [6.45, 7) is 5.77. The first-order chi connectivity index (χ1) is 18.4. The number of piperidine rings is 1. The predicted molar refractivity (Wildman–Crippen MR) is 140 cm³/mol. The number of ether oxygens (including phenoxy) is 1. The quantitative estimate of drug-likeness (QED) is 0.461. The fourth-order valence-corrected chi connectivity index (χ4v) is 4.45. The summed E-state index contributed by atoms with van der Waals surface area (Å²) >= 11 is 0. The maximum absolute atomic E-state index is 13.2. The van der Waals surface area contributed by atoms with Gasteiger partial charge >= 0.3 is 6.09 Å². The van der Waals surface area contributed by atoms with Crippen molar-refractivity contribution in [3.8, 4) is 0 Å². The van der Waals surface area contributed by atoms with Crippen LogP contribution in [0.5, 0.6) is 0 Å². The van der Waals surface area contributed by atoms with Gasteiger partial charge in [-0.3, -0.25) is 34.2 Å². The Morgan fingerprint density at radius 1 is 1.00 bits per heavy atom. The number of imide groups is 2. The third-order valence-electron chi connectivity index (χ3n) is 6.21. The summed E-state index contributed by atoms with van der Waals surface area (Å²) in [7, 11) is 0. The fraction of sp³-hybridized carbons (Fsp3) is 0.357. The number of carbonyl (C=O) groups is 6. The fourth-order valence-electron chi connectivity index (χ4n) is 4.45. The molecule has 204 valence electrons. The van der Waals surface area contributed by atoms with Crippen LogP contribution in [0.3, 0.4) is 0 Å². The Morgan fingerprint density at radius 3 is 2.36 bits per heavy atom. The molecular formula is C28H30N4O7. The number of carbonyl (C=O) groups excluding carboxylic acids is 6. The van der Waals surface area contributed by atoms with Gasteiger partial charge in [0.2, 0.25) is 17.7 Å². The van der Waals surface area contributed by atoms with Crippen LogP contribution < -0.4 is 16.0 Å². The zero-order valence-electron chi connectivity index (χ0n) is 22.0. The maximum atomic E-state index is 13.2. The van der Waals surface area contributed by atoms with Gasteiger partial charge in [0.05, 0.1) is 23.2 Å². The Kier molecular flexibility index (Phi) is 7.80. The second-order valence-electron chi connectivity index (χ2n) is 10.4. The van der Waals surface area contributed by atoms with Crippen LogP contribution in [0.2, 0.25) is 0 Å². The van der Waals surface area contributed by atoms with Gasteiger partial charge in [-0.25, -0.2) is 4.79 Å². The van der Waals surface area contributed by atoms with Crippen molar-refractivity contribution < 1.29 is 33.5 Å². The van der Waals surface area contributed by atoms with Crippen molar-refractivity contribution in [1.82, 2.24) is 15.5 Å². The Labute approximate surface area is 225 Å². The van der Waals surface area contributed by atoms with Gasteiger partial charge < -0.3 is 15.4 Å². The monoisotopic (exact) mass is 534 g/mol. The molecule has 0 bridgehead atoms. The summed E-state index contributed by atoms with van der Waals surface area (Å²) in [5.41, 5.74) is 1.42. The highest BCUT2D eigenvalue weighted by molar-refractivity contribution is 6.26. The number of hydrogen-bond donors (Lipinski definition) is 3. The SMILES string of the molecule is CC(C)(C)OC(=O)NCCc1ccc(CC(=O)Nc2cccc3c2C(=O)N(C2CCC(=O)NC2=O)C3=O)cc1. The van der Waals surface area contributed by atoms with E-state index in [1.807, 2.05) is 12.1 Å². The van der Waals surface area contributed by atoms with E-state index in [1.165, 1.54) is 12.1 Å². The summed E-state index contributed by atoms with van der Waals surface area (Å²) in [6.07, 6.45) is 0.196. The van der Waals surface area contributed by atoms with Gasteiger partial charge in [0.15, 0.2) is 0 Å². The molecule has 6 amide bonds. The number of nitrogens with zero attached hydrogens (tertiary/aromatic N) is 1. The predicted octanol–water partition coefficient (Wildman–Crippen LogP) is 2.34. The number of amides is 6. The first kappa shape index (κ1) is 27.5. The van der Waals surface area contributed by atoms with Gasteiger partial charge in [0.25, 0.3) is 11.8 Å². The molecule has 2 aromatic rings. The minimum atomic E-state index is -1.09. The molecule has 1 unspecified atom stereocenters. The van der Waals surface area contributed by atoms with Crippen molar-refractivity contribution in [3.05, 3.63) is 64.7 Å². The lowest BCUT2D eigenvalue weighted by molar-refractivity contribution is -0.136. The molecule has 1 saturated heterocycles. The molecule has 0 spiro atoms.